The average Bonchev–Trinajstić information content (AvgIpc) is 2.93. The predicted octanol–water partition coefficient (Wildman–Crippen LogP) is 0.895. The normalized spacial score (nSPS) is 22.0. The van der Waals surface area contributed by atoms with Gasteiger partial charge in [0.15, 0.2) is 0 Å². The summed E-state index contributed by atoms with van der Waals surface area (Å²) in [5.74, 6) is 0.115. The van der Waals surface area contributed by atoms with Crippen molar-refractivity contribution in [1.29, 1.82) is 0 Å². The molecule has 0 amide bonds. The van der Waals surface area contributed by atoms with Gasteiger partial charge in [0.2, 0.25) is 0 Å². The molecule has 5 heteroatoms. The van der Waals surface area contributed by atoms with Crippen LogP contribution in [0.15, 0.2) is 35.5 Å². The minimum absolute atomic E-state index is 0.114. The van der Waals surface area contributed by atoms with E-state index in [-0.39, 0.29) is 11.8 Å². The first-order valence-electron chi connectivity index (χ1n) is 6.14. The summed E-state index contributed by atoms with van der Waals surface area (Å²) in [5, 5.41) is 15.4. The molecule has 98 valence electrons. The van der Waals surface area contributed by atoms with Crippen LogP contribution in [-0.4, -0.2) is 36.8 Å². The van der Waals surface area contributed by atoms with E-state index < -0.39 is 0 Å². The van der Waals surface area contributed by atoms with E-state index >= 15 is 0 Å². The van der Waals surface area contributed by atoms with Gasteiger partial charge in [-0.25, -0.2) is 0 Å². The molecule has 1 aliphatic rings. The first-order valence-corrected chi connectivity index (χ1v) is 6.14. The molecular formula is C13H19N3O2. The molecular weight excluding hydrogens is 230 g/mol. The van der Waals surface area contributed by atoms with Crippen LogP contribution in [0.4, 0.5) is 0 Å². The number of amidine groups is 1. The smallest absolute Gasteiger partial charge is 0.147 e. The molecule has 0 radical (unpaired) electrons. The van der Waals surface area contributed by atoms with E-state index in [4.69, 9.17) is 15.7 Å². The summed E-state index contributed by atoms with van der Waals surface area (Å²) in [7, 11) is 0. The molecule has 2 unspecified atom stereocenters. The third kappa shape index (κ3) is 3.21. The number of ether oxygens (including phenoxy) is 1. The van der Waals surface area contributed by atoms with E-state index in [1.165, 1.54) is 0 Å². The van der Waals surface area contributed by atoms with Crippen LogP contribution in [0.3, 0.4) is 0 Å². The lowest BCUT2D eigenvalue weighted by molar-refractivity contribution is 0.190. The minimum atomic E-state index is -0.114. The number of benzene rings is 1. The van der Waals surface area contributed by atoms with E-state index in [1.807, 2.05) is 30.3 Å². The van der Waals surface area contributed by atoms with Gasteiger partial charge in [-0.15, -0.1) is 0 Å². The number of oxime groups is 1. The lowest BCUT2D eigenvalue weighted by atomic mass is 9.97. The summed E-state index contributed by atoms with van der Waals surface area (Å²) in [6.45, 7) is 2.18. The van der Waals surface area contributed by atoms with Gasteiger partial charge in [-0.3, -0.25) is 0 Å². The van der Waals surface area contributed by atoms with Gasteiger partial charge in [-0.05, 0) is 12.0 Å². The maximum Gasteiger partial charge on any atom is 0.147 e. The van der Waals surface area contributed by atoms with Crippen LogP contribution in [0, 0.1) is 0 Å². The molecule has 1 aliphatic heterocycles. The number of hydrogen-bond donors (Lipinski definition) is 3. The Balaban J connectivity index is 2.01. The van der Waals surface area contributed by atoms with Crippen LogP contribution in [0.1, 0.15) is 17.9 Å². The Morgan fingerprint density at radius 3 is 2.89 bits per heavy atom. The Hall–Kier alpha value is -1.59. The molecule has 4 N–H and O–H groups in total. The van der Waals surface area contributed by atoms with Crippen molar-refractivity contribution >= 4 is 5.84 Å². The van der Waals surface area contributed by atoms with Crippen LogP contribution in [-0.2, 0) is 4.74 Å². The van der Waals surface area contributed by atoms with Gasteiger partial charge in [0.05, 0.1) is 12.5 Å². The molecule has 1 saturated heterocycles. The van der Waals surface area contributed by atoms with Crippen LogP contribution in [0.25, 0.3) is 0 Å². The fraction of sp³-hybridized carbons (Fsp3) is 0.462. The van der Waals surface area contributed by atoms with E-state index in [9.17, 15) is 0 Å². The van der Waals surface area contributed by atoms with E-state index in [0.29, 0.717) is 12.6 Å². The van der Waals surface area contributed by atoms with E-state index in [2.05, 4.69) is 10.5 Å². The molecule has 0 aromatic heterocycles. The second-order valence-corrected chi connectivity index (χ2v) is 4.46. The van der Waals surface area contributed by atoms with Crippen molar-refractivity contribution in [1.82, 2.24) is 5.32 Å². The lowest BCUT2D eigenvalue weighted by Gasteiger charge is -2.19. The fourth-order valence-electron chi connectivity index (χ4n) is 2.13. The summed E-state index contributed by atoms with van der Waals surface area (Å²) < 4.78 is 5.31. The van der Waals surface area contributed by atoms with Crippen LogP contribution in [0.2, 0.25) is 0 Å². The maximum atomic E-state index is 8.87. The number of hydrogen-bond acceptors (Lipinski definition) is 4. The molecule has 1 aromatic rings. The second-order valence-electron chi connectivity index (χ2n) is 4.46. The topological polar surface area (TPSA) is 79.9 Å². The third-order valence-electron chi connectivity index (χ3n) is 3.21. The highest BCUT2D eigenvalue weighted by Gasteiger charge is 2.20. The van der Waals surface area contributed by atoms with Crippen molar-refractivity contribution < 1.29 is 9.94 Å². The highest BCUT2D eigenvalue weighted by molar-refractivity contribution is 5.87. The van der Waals surface area contributed by atoms with E-state index in [1.54, 1.807) is 0 Å². The molecule has 2 rings (SSSR count). The van der Waals surface area contributed by atoms with Crippen molar-refractivity contribution in [3.8, 4) is 0 Å². The van der Waals surface area contributed by atoms with Crippen LogP contribution >= 0.6 is 0 Å². The van der Waals surface area contributed by atoms with Crippen molar-refractivity contribution in [3.05, 3.63) is 35.9 Å². The molecule has 0 bridgehead atoms. The molecule has 0 saturated carbocycles. The first kappa shape index (κ1) is 12.9. The second kappa shape index (κ2) is 6.37. The summed E-state index contributed by atoms with van der Waals surface area (Å²) in [5.41, 5.74) is 6.80. The molecule has 2 atom stereocenters. The van der Waals surface area contributed by atoms with Crippen LogP contribution in [0.5, 0.6) is 0 Å². The maximum absolute atomic E-state index is 8.87. The molecule has 1 fully saturated rings. The molecule has 1 heterocycles. The standard InChI is InChI=1S/C13H19N3O2/c14-13(16-17)12(10-4-2-1-3-5-10)8-15-11-6-7-18-9-11/h1-5,11-12,15,17H,6-9H2,(H2,14,16). The highest BCUT2D eigenvalue weighted by atomic mass is 16.5. The van der Waals surface area contributed by atoms with Gasteiger partial charge in [-0.2, -0.15) is 0 Å². The quantitative estimate of drug-likeness (QED) is 0.313. The van der Waals surface area contributed by atoms with Crippen molar-refractivity contribution in [2.24, 2.45) is 10.9 Å². The molecule has 5 nitrogen and oxygen atoms in total. The van der Waals surface area contributed by atoms with Crippen LogP contribution < -0.4 is 11.1 Å². The van der Waals surface area contributed by atoms with Gasteiger partial charge >= 0.3 is 0 Å². The molecule has 0 spiro atoms. The number of rotatable bonds is 5. The summed E-state index contributed by atoms with van der Waals surface area (Å²) in [6, 6.07) is 10.2. The summed E-state index contributed by atoms with van der Waals surface area (Å²) >= 11 is 0. The lowest BCUT2D eigenvalue weighted by Crippen LogP contribution is -2.37. The molecule has 1 aromatic carbocycles. The van der Waals surface area contributed by atoms with Crippen molar-refractivity contribution in [3.63, 3.8) is 0 Å². The number of nitrogens with one attached hydrogen (secondary N) is 1. The van der Waals surface area contributed by atoms with Gasteiger partial charge in [0, 0.05) is 19.2 Å². The fourth-order valence-corrected chi connectivity index (χ4v) is 2.13. The Morgan fingerprint density at radius 1 is 1.50 bits per heavy atom. The zero-order valence-electron chi connectivity index (χ0n) is 10.2. The SMILES string of the molecule is N/C(=N/O)C(CNC1CCOC1)c1ccccc1. The Morgan fingerprint density at radius 2 is 2.28 bits per heavy atom. The molecule has 18 heavy (non-hydrogen) atoms. The Kier molecular flexibility index (Phi) is 4.55. The highest BCUT2D eigenvalue weighted by Crippen LogP contribution is 2.16. The van der Waals surface area contributed by atoms with Gasteiger partial charge in [0.25, 0.3) is 0 Å². The summed E-state index contributed by atoms with van der Waals surface area (Å²) in [6.07, 6.45) is 1.01. The van der Waals surface area contributed by atoms with Gasteiger partial charge in [0.1, 0.15) is 5.84 Å². The predicted molar refractivity (Wildman–Crippen MR) is 69.8 cm³/mol. The van der Waals surface area contributed by atoms with Crippen molar-refractivity contribution in [2.45, 2.75) is 18.4 Å². The monoisotopic (exact) mass is 249 g/mol. The van der Waals surface area contributed by atoms with Gasteiger partial charge in [-0.1, -0.05) is 35.5 Å². The zero-order chi connectivity index (χ0) is 12.8. The summed E-state index contributed by atoms with van der Waals surface area (Å²) in [4.78, 5) is 0. The zero-order valence-corrected chi connectivity index (χ0v) is 10.2. The first-order chi connectivity index (χ1) is 8.81. The molecule has 0 aliphatic carbocycles. The van der Waals surface area contributed by atoms with Gasteiger partial charge < -0.3 is 21.0 Å². The third-order valence-corrected chi connectivity index (χ3v) is 3.21. The Bertz CT molecular complexity index is 388. The number of nitrogens with two attached hydrogens (primary N) is 1. The Labute approximate surface area is 107 Å². The minimum Gasteiger partial charge on any atom is -0.409 e. The van der Waals surface area contributed by atoms with E-state index in [0.717, 1.165) is 25.2 Å². The number of nitrogens with zero attached hydrogens (tertiary/aromatic N) is 1. The average molecular weight is 249 g/mol. The largest absolute Gasteiger partial charge is 0.409 e. The van der Waals surface area contributed by atoms with Crippen molar-refractivity contribution in [2.75, 3.05) is 19.8 Å².